The summed E-state index contributed by atoms with van der Waals surface area (Å²) in [5.41, 5.74) is 5.90. The molecule has 1 atom stereocenters. The molecule has 0 spiro atoms. The Balaban J connectivity index is 2.20. The number of carbonyl (C=O) groups excluding carboxylic acids is 2. The fourth-order valence-electron chi connectivity index (χ4n) is 2.15. The minimum absolute atomic E-state index is 0.0195. The number of benzene rings is 1. The normalized spacial score (nSPS) is 18.7. The van der Waals surface area contributed by atoms with Crippen molar-refractivity contribution in [2.45, 2.75) is 26.4 Å². The molecule has 1 aliphatic heterocycles. The molecule has 6 heteroatoms. The molecule has 1 unspecified atom stereocenters. The minimum Gasteiger partial charge on any atom is -0.489 e. The molecular formula is C14H17ClN2O3. The number of hydrogen-bond acceptors (Lipinski definition) is 3. The van der Waals surface area contributed by atoms with Crippen molar-refractivity contribution in [3.8, 4) is 5.75 Å². The summed E-state index contributed by atoms with van der Waals surface area (Å²) in [6.45, 7) is 4.12. The average Bonchev–Trinajstić information content (AvgIpc) is 2.74. The number of hydrogen-bond donors (Lipinski definition) is 1. The fourth-order valence-corrected chi connectivity index (χ4v) is 2.37. The van der Waals surface area contributed by atoms with Crippen LogP contribution in [0.2, 0.25) is 5.02 Å². The zero-order valence-corrected chi connectivity index (χ0v) is 12.2. The molecular weight excluding hydrogens is 280 g/mol. The third-order valence-electron chi connectivity index (χ3n) is 3.12. The standard InChI is InChI=1S/C14H17ClN2O3/c1-8(2)20-12-4-3-10(6-11(12)15)17-7-9(14(16)19)5-13(17)18/h3-4,6,8-9H,5,7H2,1-2H3,(H2,16,19). The van der Waals surface area contributed by atoms with Crippen molar-refractivity contribution in [1.82, 2.24) is 0 Å². The van der Waals surface area contributed by atoms with Crippen molar-refractivity contribution in [1.29, 1.82) is 0 Å². The topological polar surface area (TPSA) is 72.6 Å². The van der Waals surface area contributed by atoms with Gasteiger partial charge >= 0.3 is 0 Å². The Morgan fingerprint density at radius 1 is 1.50 bits per heavy atom. The van der Waals surface area contributed by atoms with E-state index in [1.807, 2.05) is 13.8 Å². The van der Waals surface area contributed by atoms with Gasteiger partial charge in [0.25, 0.3) is 0 Å². The average molecular weight is 297 g/mol. The van der Waals surface area contributed by atoms with Gasteiger partial charge in [0.05, 0.1) is 17.0 Å². The largest absolute Gasteiger partial charge is 0.489 e. The van der Waals surface area contributed by atoms with Crippen LogP contribution >= 0.6 is 11.6 Å². The second-order valence-corrected chi connectivity index (χ2v) is 5.50. The van der Waals surface area contributed by atoms with Gasteiger partial charge in [-0.1, -0.05) is 11.6 Å². The Bertz CT molecular complexity index is 545. The molecule has 1 saturated heterocycles. The third-order valence-corrected chi connectivity index (χ3v) is 3.41. The lowest BCUT2D eigenvalue weighted by Crippen LogP contribution is -2.28. The molecule has 1 fully saturated rings. The Kier molecular flexibility index (Phi) is 4.18. The van der Waals surface area contributed by atoms with Crippen LogP contribution in [0.3, 0.4) is 0 Å². The minimum atomic E-state index is -0.452. The molecule has 1 heterocycles. The number of halogens is 1. The molecule has 1 aromatic rings. The molecule has 20 heavy (non-hydrogen) atoms. The van der Waals surface area contributed by atoms with Crippen LogP contribution in [0.4, 0.5) is 5.69 Å². The molecule has 1 aromatic carbocycles. The van der Waals surface area contributed by atoms with Crippen LogP contribution in [0.1, 0.15) is 20.3 Å². The maximum atomic E-state index is 11.9. The summed E-state index contributed by atoms with van der Waals surface area (Å²) in [5.74, 6) is -0.439. The second-order valence-electron chi connectivity index (χ2n) is 5.09. The molecule has 0 saturated carbocycles. The van der Waals surface area contributed by atoms with Gasteiger partial charge in [-0.3, -0.25) is 9.59 Å². The van der Waals surface area contributed by atoms with Crippen molar-refractivity contribution < 1.29 is 14.3 Å². The molecule has 2 amide bonds. The Morgan fingerprint density at radius 2 is 2.20 bits per heavy atom. The van der Waals surface area contributed by atoms with Gasteiger partial charge in [0, 0.05) is 18.7 Å². The Labute approximate surface area is 122 Å². The van der Waals surface area contributed by atoms with Crippen LogP contribution in [0.25, 0.3) is 0 Å². The lowest BCUT2D eigenvalue weighted by Gasteiger charge is -2.18. The monoisotopic (exact) mass is 296 g/mol. The summed E-state index contributed by atoms with van der Waals surface area (Å²) in [6.07, 6.45) is 0.169. The number of primary amides is 1. The summed E-state index contributed by atoms with van der Waals surface area (Å²) < 4.78 is 5.54. The summed E-state index contributed by atoms with van der Waals surface area (Å²) >= 11 is 6.14. The number of ether oxygens (including phenoxy) is 1. The fraction of sp³-hybridized carbons (Fsp3) is 0.429. The summed E-state index contributed by atoms with van der Waals surface area (Å²) in [4.78, 5) is 24.6. The first-order chi connectivity index (χ1) is 9.38. The molecule has 0 aromatic heterocycles. The van der Waals surface area contributed by atoms with Gasteiger partial charge < -0.3 is 15.4 Å². The van der Waals surface area contributed by atoms with E-state index in [0.29, 0.717) is 23.0 Å². The van der Waals surface area contributed by atoms with Crippen molar-refractivity contribution in [3.05, 3.63) is 23.2 Å². The lowest BCUT2D eigenvalue weighted by molar-refractivity contribution is -0.123. The van der Waals surface area contributed by atoms with Gasteiger partial charge in [-0.2, -0.15) is 0 Å². The van der Waals surface area contributed by atoms with Gasteiger partial charge in [-0.25, -0.2) is 0 Å². The van der Waals surface area contributed by atoms with Crippen LogP contribution in [0.5, 0.6) is 5.75 Å². The van der Waals surface area contributed by atoms with Crippen LogP contribution in [-0.2, 0) is 9.59 Å². The number of nitrogens with zero attached hydrogens (tertiary/aromatic N) is 1. The third kappa shape index (κ3) is 3.04. The van der Waals surface area contributed by atoms with Gasteiger partial charge in [0.1, 0.15) is 5.75 Å². The first kappa shape index (κ1) is 14.7. The van der Waals surface area contributed by atoms with Crippen molar-refractivity contribution in [2.75, 3.05) is 11.4 Å². The Hall–Kier alpha value is -1.75. The van der Waals surface area contributed by atoms with Crippen molar-refractivity contribution >= 4 is 29.1 Å². The molecule has 2 rings (SSSR count). The second kappa shape index (κ2) is 5.71. The maximum absolute atomic E-state index is 11.9. The summed E-state index contributed by atoms with van der Waals surface area (Å²) in [6, 6.07) is 5.15. The van der Waals surface area contributed by atoms with E-state index >= 15 is 0 Å². The van der Waals surface area contributed by atoms with E-state index in [4.69, 9.17) is 22.1 Å². The SMILES string of the molecule is CC(C)Oc1ccc(N2CC(C(N)=O)CC2=O)cc1Cl. The summed E-state index contributed by atoms with van der Waals surface area (Å²) in [5, 5.41) is 0.437. The predicted molar refractivity (Wildman–Crippen MR) is 76.9 cm³/mol. The van der Waals surface area contributed by atoms with E-state index in [1.165, 1.54) is 4.90 Å². The zero-order chi connectivity index (χ0) is 14.9. The highest BCUT2D eigenvalue weighted by Gasteiger charge is 2.34. The van der Waals surface area contributed by atoms with Gasteiger partial charge in [0.2, 0.25) is 11.8 Å². The molecule has 108 valence electrons. The van der Waals surface area contributed by atoms with Crippen LogP contribution in [-0.4, -0.2) is 24.5 Å². The smallest absolute Gasteiger partial charge is 0.227 e. The van der Waals surface area contributed by atoms with Gasteiger partial charge in [0.15, 0.2) is 0 Å². The van der Waals surface area contributed by atoms with Gasteiger partial charge in [-0.05, 0) is 32.0 Å². The van der Waals surface area contributed by atoms with E-state index < -0.39 is 11.8 Å². The number of anilines is 1. The van der Waals surface area contributed by atoms with E-state index in [0.717, 1.165) is 0 Å². The number of rotatable bonds is 4. The molecule has 0 bridgehead atoms. The quantitative estimate of drug-likeness (QED) is 0.923. The molecule has 1 aliphatic rings. The molecule has 5 nitrogen and oxygen atoms in total. The van der Waals surface area contributed by atoms with E-state index in [1.54, 1.807) is 18.2 Å². The van der Waals surface area contributed by atoms with E-state index in [-0.39, 0.29) is 18.4 Å². The first-order valence-corrected chi connectivity index (χ1v) is 6.82. The van der Waals surface area contributed by atoms with Crippen molar-refractivity contribution in [2.24, 2.45) is 11.7 Å². The number of nitrogens with two attached hydrogens (primary N) is 1. The number of carbonyl (C=O) groups is 2. The van der Waals surface area contributed by atoms with Crippen LogP contribution < -0.4 is 15.4 Å². The zero-order valence-electron chi connectivity index (χ0n) is 11.4. The van der Waals surface area contributed by atoms with Gasteiger partial charge in [-0.15, -0.1) is 0 Å². The first-order valence-electron chi connectivity index (χ1n) is 6.44. The molecule has 2 N–H and O–H groups in total. The van der Waals surface area contributed by atoms with E-state index in [9.17, 15) is 9.59 Å². The van der Waals surface area contributed by atoms with E-state index in [2.05, 4.69) is 0 Å². The maximum Gasteiger partial charge on any atom is 0.227 e. The molecule has 0 radical (unpaired) electrons. The highest BCUT2D eigenvalue weighted by molar-refractivity contribution is 6.32. The lowest BCUT2D eigenvalue weighted by atomic mass is 10.1. The highest BCUT2D eigenvalue weighted by Crippen LogP contribution is 2.32. The predicted octanol–water partition coefficient (Wildman–Crippen LogP) is 1.97. The number of amides is 2. The molecule has 0 aliphatic carbocycles. The Morgan fingerprint density at radius 3 is 2.70 bits per heavy atom. The summed E-state index contributed by atoms with van der Waals surface area (Å²) in [7, 11) is 0. The van der Waals surface area contributed by atoms with Crippen LogP contribution in [0, 0.1) is 5.92 Å². The highest BCUT2D eigenvalue weighted by atomic mass is 35.5. The van der Waals surface area contributed by atoms with Crippen LogP contribution in [0.15, 0.2) is 18.2 Å². The van der Waals surface area contributed by atoms with Crippen molar-refractivity contribution in [3.63, 3.8) is 0 Å².